The van der Waals surface area contributed by atoms with Gasteiger partial charge in [0.25, 0.3) is 0 Å². The van der Waals surface area contributed by atoms with Gasteiger partial charge in [-0.2, -0.15) is 0 Å². The number of carbonyl (C=O) groups excluding carboxylic acids is 2. The van der Waals surface area contributed by atoms with Crippen molar-refractivity contribution in [3.63, 3.8) is 0 Å². The van der Waals surface area contributed by atoms with E-state index < -0.39 is 6.04 Å². The SMILES string of the molecule is O=C(C[N+]12CCC(CC1)[C@@H](OC(=O)C(NCc1ccc(F)cc1)c1ccccc1)C2)c1cccs1.[Cl-]. The first kappa shape index (κ1) is 26.5. The molecule has 36 heavy (non-hydrogen) atoms. The van der Waals surface area contributed by atoms with E-state index >= 15 is 0 Å². The molecule has 2 aromatic carbocycles. The summed E-state index contributed by atoms with van der Waals surface area (Å²) in [6.45, 7) is 3.49. The average Bonchev–Trinajstić information content (AvgIpc) is 3.42. The average molecular weight is 529 g/mol. The van der Waals surface area contributed by atoms with Crippen molar-refractivity contribution in [3.05, 3.63) is 93.9 Å². The maximum Gasteiger partial charge on any atom is 0.328 e. The number of benzene rings is 2. The summed E-state index contributed by atoms with van der Waals surface area (Å²) in [5.74, 6) is -0.0811. The number of fused-ring (bicyclic) bond motifs is 3. The zero-order valence-corrected chi connectivity index (χ0v) is 21.5. The maximum atomic E-state index is 13.5. The fraction of sp³-hybridized carbons (Fsp3) is 0.357. The summed E-state index contributed by atoms with van der Waals surface area (Å²) in [4.78, 5) is 27.1. The van der Waals surface area contributed by atoms with E-state index in [-0.39, 0.29) is 36.1 Å². The molecule has 0 aliphatic carbocycles. The van der Waals surface area contributed by atoms with Crippen LogP contribution >= 0.6 is 11.3 Å². The quantitative estimate of drug-likeness (QED) is 0.261. The summed E-state index contributed by atoms with van der Waals surface area (Å²) in [5.41, 5.74) is 1.72. The molecule has 8 heteroatoms. The lowest BCUT2D eigenvalue weighted by molar-refractivity contribution is -0.938. The number of nitrogens with one attached hydrogen (secondary N) is 1. The Balaban J connectivity index is 0.00000304. The molecule has 3 aliphatic rings. The topological polar surface area (TPSA) is 55.4 Å². The van der Waals surface area contributed by atoms with Crippen LogP contribution in [0.5, 0.6) is 0 Å². The molecule has 3 fully saturated rings. The largest absolute Gasteiger partial charge is 1.00 e. The third-order valence-electron chi connectivity index (χ3n) is 7.38. The molecule has 1 aromatic heterocycles. The molecule has 1 N–H and O–H groups in total. The van der Waals surface area contributed by atoms with Crippen LogP contribution in [-0.2, 0) is 16.1 Å². The van der Waals surface area contributed by atoms with E-state index in [4.69, 9.17) is 4.74 Å². The first-order valence-corrected chi connectivity index (χ1v) is 13.0. The van der Waals surface area contributed by atoms with Crippen molar-refractivity contribution in [2.24, 2.45) is 5.92 Å². The van der Waals surface area contributed by atoms with Crippen LogP contribution in [-0.4, -0.2) is 48.5 Å². The van der Waals surface area contributed by atoms with Crippen LogP contribution in [0.25, 0.3) is 0 Å². The summed E-state index contributed by atoms with van der Waals surface area (Å²) in [7, 11) is 0. The molecule has 0 spiro atoms. The molecule has 6 rings (SSSR count). The van der Waals surface area contributed by atoms with Crippen LogP contribution in [0.1, 0.15) is 39.7 Å². The monoisotopic (exact) mass is 528 g/mol. The van der Waals surface area contributed by atoms with Crippen molar-refractivity contribution in [1.29, 1.82) is 0 Å². The van der Waals surface area contributed by atoms with Crippen molar-refractivity contribution in [2.75, 3.05) is 26.2 Å². The normalized spacial score (nSPS) is 23.5. The molecule has 0 amide bonds. The Hall–Kier alpha value is -2.58. The van der Waals surface area contributed by atoms with Crippen molar-refractivity contribution in [1.82, 2.24) is 5.32 Å². The van der Waals surface area contributed by atoms with Gasteiger partial charge in [-0.3, -0.25) is 10.1 Å². The van der Waals surface area contributed by atoms with Gasteiger partial charge in [-0.05, 0) is 34.7 Å². The van der Waals surface area contributed by atoms with Crippen molar-refractivity contribution >= 4 is 23.1 Å². The van der Waals surface area contributed by atoms with E-state index in [1.807, 2.05) is 47.8 Å². The Labute approximate surface area is 221 Å². The van der Waals surface area contributed by atoms with Crippen LogP contribution in [0, 0.1) is 11.7 Å². The van der Waals surface area contributed by atoms with Gasteiger partial charge < -0.3 is 21.6 Å². The van der Waals surface area contributed by atoms with Gasteiger partial charge in [0, 0.05) is 25.3 Å². The number of thiophene rings is 1. The minimum Gasteiger partial charge on any atom is -1.00 e. The Bertz CT molecular complexity index is 1150. The number of ether oxygens (including phenoxy) is 1. The maximum absolute atomic E-state index is 13.5. The highest BCUT2D eigenvalue weighted by atomic mass is 35.5. The number of hydrogen-bond donors (Lipinski definition) is 1. The molecular formula is C28H30ClFN2O3S. The fourth-order valence-electron chi connectivity index (χ4n) is 5.42. The lowest BCUT2D eigenvalue weighted by atomic mass is 9.83. The molecule has 4 heterocycles. The van der Waals surface area contributed by atoms with E-state index in [2.05, 4.69) is 5.32 Å². The van der Waals surface area contributed by atoms with Gasteiger partial charge in [-0.15, -0.1) is 11.3 Å². The second-order valence-electron chi connectivity index (χ2n) is 9.69. The smallest absolute Gasteiger partial charge is 0.328 e. The second-order valence-corrected chi connectivity index (χ2v) is 10.6. The van der Waals surface area contributed by atoms with Crippen molar-refractivity contribution in [3.8, 4) is 0 Å². The van der Waals surface area contributed by atoms with E-state index in [0.29, 0.717) is 30.0 Å². The molecule has 0 saturated carbocycles. The number of hydrogen-bond acceptors (Lipinski definition) is 5. The zero-order chi connectivity index (χ0) is 24.3. The Morgan fingerprint density at radius 3 is 2.42 bits per heavy atom. The molecule has 1 unspecified atom stereocenters. The predicted octanol–water partition coefficient (Wildman–Crippen LogP) is 1.76. The Morgan fingerprint density at radius 1 is 1.03 bits per heavy atom. The van der Waals surface area contributed by atoms with Crippen LogP contribution < -0.4 is 17.7 Å². The van der Waals surface area contributed by atoms with E-state index in [9.17, 15) is 14.0 Å². The number of esters is 1. The predicted molar refractivity (Wildman–Crippen MR) is 133 cm³/mol. The van der Waals surface area contributed by atoms with Gasteiger partial charge in [0.05, 0.1) is 18.0 Å². The molecule has 190 valence electrons. The van der Waals surface area contributed by atoms with Crippen LogP contribution in [0.2, 0.25) is 0 Å². The number of ketones is 1. The molecule has 2 bridgehead atoms. The Morgan fingerprint density at radius 2 is 1.75 bits per heavy atom. The molecule has 3 saturated heterocycles. The minimum absolute atomic E-state index is 0. The number of rotatable bonds is 9. The third kappa shape index (κ3) is 6.03. The van der Waals surface area contributed by atoms with E-state index in [0.717, 1.165) is 41.9 Å². The van der Waals surface area contributed by atoms with E-state index in [1.54, 1.807) is 12.1 Å². The number of Topliss-reactive ketones (excluding diaryl/α,β-unsaturated/α-hetero) is 1. The minimum atomic E-state index is -0.627. The summed E-state index contributed by atoms with van der Waals surface area (Å²) >= 11 is 1.48. The van der Waals surface area contributed by atoms with Gasteiger partial charge in [0.15, 0.2) is 6.10 Å². The summed E-state index contributed by atoms with van der Waals surface area (Å²) in [5, 5.41) is 5.24. The van der Waals surface area contributed by atoms with Gasteiger partial charge in [-0.25, -0.2) is 9.18 Å². The van der Waals surface area contributed by atoms with Crippen LogP contribution in [0.3, 0.4) is 0 Å². The molecule has 3 aromatic rings. The van der Waals surface area contributed by atoms with Gasteiger partial charge >= 0.3 is 5.97 Å². The third-order valence-corrected chi connectivity index (χ3v) is 8.29. The fourth-order valence-corrected chi connectivity index (χ4v) is 6.08. The number of halogens is 2. The standard InChI is InChI=1S/C28H30FN2O3S.ClH/c29-23-10-8-20(9-11-23)17-30-27(22-5-2-1-3-6-22)28(33)34-25-19-31(14-12-21(25)13-15-31)18-24(32)26-7-4-16-35-26;/h1-11,16,21,25,27,30H,12-15,17-19H2;1H/q+1;/p-1/t21?,25-,27?,31?;/m0./s1. The van der Waals surface area contributed by atoms with Gasteiger partial charge in [0.2, 0.25) is 5.78 Å². The first-order chi connectivity index (χ1) is 17.0. The van der Waals surface area contributed by atoms with Crippen LogP contribution in [0.4, 0.5) is 4.39 Å². The number of quaternary nitrogens is 1. The number of carbonyl (C=O) groups is 2. The highest BCUT2D eigenvalue weighted by Crippen LogP contribution is 2.36. The second kappa shape index (κ2) is 11.6. The molecule has 5 nitrogen and oxygen atoms in total. The summed E-state index contributed by atoms with van der Waals surface area (Å²) in [6, 6.07) is 19.0. The van der Waals surface area contributed by atoms with Crippen molar-refractivity contribution in [2.45, 2.75) is 31.5 Å². The van der Waals surface area contributed by atoms with Gasteiger partial charge in [-0.1, -0.05) is 48.5 Å². The molecule has 0 radical (unpaired) electrons. The molecule has 2 atom stereocenters. The zero-order valence-electron chi connectivity index (χ0n) is 19.9. The van der Waals surface area contributed by atoms with Crippen LogP contribution in [0.15, 0.2) is 72.1 Å². The summed E-state index contributed by atoms with van der Waals surface area (Å²) < 4.78 is 20.1. The number of piperidine rings is 3. The molecular weight excluding hydrogens is 499 g/mol. The van der Waals surface area contributed by atoms with E-state index in [1.165, 1.54) is 23.5 Å². The van der Waals surface area contributed by atoms with Crippen molar-refractivity contribution < 1.29 is 35.6 Å². The summed E-state index contributed by atoms with van der Waals surface area (Å²) in [6.07, 6.45) is 1.74. The Kier molecular flexibility index (Phi) is 8.57. The number of nitrogens with zero attached hydrogens (tertiary/aromatic N) is 1. The highest BCUT2D eigenvalue weighted by molar-refractivity contribution is 7.12. The first-order valence-electron chi connectivity index (χ1n) is 12.2. The van der Waals surface area contributed by atoms with Gasteiger partial charge in [0.1, 0.15) is 24.9 Å². The lowest BCUT2D eigenvalue weighted by Gasteiger charge is -2.51. The lowest BCUT2D eigenvalue weighted by Crippen LogP contribution is -3.00. The molecule has 3 aliphatic heterocycles. The highest BCUT2D eigenvalue weighted by Gasteiger charge is 2.49.